The fraction of sp³-hybridized carbons (Fsp3) is 0.172. The molecule has 0 aliphatic heterocycles. The third-order valence-electron chi connectivity index (χ3n) is 6.16. The summed E-state index contributed by atoms with van der Waals surface area (Å²) in [5.41, 5.74) is 4.00. The van der Waals surface area contributed by atoms with Gasteiger partial charge in [-0.15, -0.1) is 0 Å². The van der Waals surface area contributed by atoms with Crippen LogP contribution in [-0.4, -0.2) is 31.3 Å². The Hall–Kier alpha value is -3.72. The summed E-state index contributed by atoms with van der Waals surface area (Å²) in [5, 5.41) is -0.0379. The van der Waals surface area contributed by atoms with Crippen LogP contribution in [0.5, 0.6) is 0 Å². The lowest BCUT2D eigenvalue weighted by Crippen LogP contribution is -2.24. The number of carbonyl (C=O) groups is 2. The number of rotatable bonds is 10. The van der Waals surface area contributed by atoms with Gasteiger partial charge in [0.1, 0.15) is 4.90 Å². The quantitative estimate of drug-likeness (QED) is 0.213. The van der Waals surface area contributed by atoms with Crippen molar-refractivity contribution in [2.75, 3.05) is 6.61 Å². The summed E-state index contributed by atoms with van der Waals surface area (Å²) in [4.78, 5) is 25.4. The maximum absolute atomic E-state index is 12.9. The molecule has 0 aliphatic rings. The van der Waals surface area contributed by atoms with E-state index in [0.717, 1.165) is 28.6 Å². The van der Waals surface area contributed by atoms with Gasteiger partial charge in [-0.25, -0.2) is 17.9 Å². The average Bonchev–Trinajstić information content (AvgIpc) is 3.20. The van der Waals surface area contributed by atoms with E-state index in [0.29, 0.717) is 12.1 Å². The van der Waals surface area contributed by atoms with E-state index < -0.39 is 22.6 Å². The minimum Gasteiger partial charge on any atom is -0.454 e. The van der Waals surface area contributed by atoms with Gasteiger partial charge in [-0.05, 0) is 49.2 Å². The Balaban J connectivity index is 1.43. The van der Waals surface area contributed by atoms with Crippen LogP contribution in [0.3, 0.4) is 0 Å². The molecule has 0 aliphatic carbocycles. The summed E-state index contributed by atoms with van der Waals surface area (Å²) < 4.78 is 35.5. The summed E-state index contributed by atoms with van der Waals surface area (Å²) in [5.74, 6) is -1.18. The Morgan fingerprint density at radius 3 is 2.18 bits per heavy atom. The number of ether oxygens (including phenoxy) is 1. The highest BCUT2D eigenvalue weighted by molar-refractivity contribution is 7.89. The number of benzene rings is 3. The molecule has 0 bridgehead atoms. The molecule has 1 aromatic heterocycles. The van der Waals surface area contributed by atoms with Crippen molar-refractivity contribution in [3.63, 3.8) is 0 Å². The molecule has 38 heavy (non-hydrogen) atoms. The Morgan fingerprint density at radius 1 is 0.895 bits per heavy atom. The van der Waals surface area contributed by atoms with Crippen molar-refractivity contribution in [3.05, 3.63) is 124 Å². The molecule has 1 heterocycles. The molecule has 196 valence electrons. The molecular weight excluding hydrogens is 524 g/mol. The number of Topliss-reactive ketones (excluding diaryl/α,β-unsaturated/α-hetero) is 1. The van der Waals surface area contributed by atoms with E-state index in [1.807, 2.05) is 54.8 Å². The molecule has 0 saturated carbocycles. The Morgan fingerprint density at radius 2 is 1.53 bits per heavy atom. The van der Waals surface area contributed by atoms with Crippen molar-refractivity contribution in [2.45, 2.75) is 31.8 Å². The summed E-state index contributed by atoms with van der Waals surface area (Å²) in [7, 11) is -4.01. The molecule has 7 nitrogen and oxygen atoms in total. The lowest BCUT2D eigenvalue weighted by molar-refractivity contribution is 0.0474. The first kappa shape index (κ1) is 27.3. The van der Waals surface area contributed by atoms with Gasteiger partial charge in [0.05, 0.1) is 10.6 Å². The maximum atomic E-state index is 12.9. The van der Waals surface area contributed by atoms with Gasteiger partial charge in [-0.3, -0.25) is 4.79 Å². The lowest BCUT2D eigenvalue weighted by atomic mass is 10.1. The largest absolute Gasteiger partial charge is 0.454 e. The molecule has 3 aromatic carbocycles. The number of halogens is 1. The summed E-state index contributed by atoms with van der Waals surface area (Å²) in [6.07, 6.45) is 0. The molecular formula is C29H27ClN2O5S. The third-order valence-corrected chi connectivity index (χ3v) is 8.04. The number of aromatic nitrogens is 1. The number of hydrogen-bond acceptors (Lipinski definition) is 5. The predicted molar refractivity (Wildman–Crippen MR) is 146 cm³/mol. The number of carbonyl (C=O) groups excluding carboxylic acids is 2. The fourth-order valence-corrected chi connectivity index (χ4v) is 5.61. The lowest BCUT2D eigenvalue weighted by Gasteiger charge is -2.11. The van der Waals surface area contributed by atoms with Crippen LogP contribution in [-0.2, 0) is 27.8 Å². The van der Waals surface area contributed by atoms with Crippen LogP contribution >= 0.6 is 11.6 Å². The number of aryl methyl sites for hydroxylation is 1. The number of hydrogen-bond donors (Lipinski definition) is 1. The zero-order valence-electron chi connectivity index (χ0n) is 21.0. The zero-order chi connectivity index (χ0) is 27.3. The van der Waals surface area contributed by atoms with Crippen molar-refractivity contribution >= 4 is 33.4 Å². The highest BCUT2D eigenvalue weighted by atomic mass is 35.5. The van der Waals surface area contributed by atoms with Crippen LogP contribution in [0.25, 0.3) is 0 Å². The van der Waals surface area contributed by atoms with E-state index in [4.69, 9.17) is 16.3 Å². The monoisotopic (exact) mass is 550 g/mol. The molecule has 4 aromatic rings. The van der Waals surface area contributed by atoms with Crippen LogP contribution < -0.4 is 4.72 Å². The first-order valence-corrected chi connectivity index (χ1v) is 13.8. The Bertz CT molecular complexity index is 1570. The number of nitrogens with zero attached hydrogens (tertiary/aromatic N) is 1. The number of sulfonamides is 1. The number of esters is 1. The number of ketones is 1. The van der Waals surface area contributed by atoms with Crippen LogP contribution in [0.15, 0.2) is 89.8 Å². The molecule has 4 rings (SSSR count). The van der Waals surface area contributed by atoms with Crippen LogP contribution in [0.2, 0.25) is 5.02 Å². The van der Waals surface area contributed by atoms with E-state index in [1.165, 1.54) is 12.1 Å². The standard InChI is InChI=1S/C29H27ClN2O5S/c1-20-15-25(21(2)32(20)18-23-11-7-4-8-12-23)27(33)19-37-29(34)24-13-14-26(30)28(16-24)38(35,36)31-17-22-9-5-3-6-10-22/h3-16,31H,17-19H2,1-2H3. The van der Waals surface area contributed by atoms with E-state index in [9.17, 15) is 18.0 Å². The molecule has 1 N–H and O–H groups in total. The molecule has 0 saturated heterocycles. The second-order valence-corrected chi connectivity index (χ2v) is 11.0. The highest BCUT2D eigenvalue weighted by Gasteiger charge is 2.22. The van der Waals surface area contributed by atoms with Gasteiger partial charge < -0.3 is 9.30 Å². The van der Waals surface area contributed by atoms with E-state index in [1.54, 1.807) is 30.3 Å². The molecule has 9 heteroatoms. The normalized spacial score (nSPS) is 11.3. The van der Waals surface area contributed by atoms with Crippen molar-refractivity contribution in [2.24, 2.45) is 0 Å². The highest BCUT2D eigenvalue weighted by Crippen LogP contribution is 2.24. The van der Waals surface area contributed by atoms with Gasteiger partial charge in [0, 0.05) is 30.0 Å². The molecule has 0 fully saturated rings. The zero-order valence-corrected chi connectivity index (χ0v) is 22.6. The second-order valence-electron chi connectivity index (χ2n) is 8.81. The topological polar surface area (TPSA) is 94.5 Å². The summed E-state index contributed by atoms with van der Waals surface area (Å²) in [6.45, 7) is 3.96. The number of nitrogens with one attached hydrogen (secondary N) is 1. The predicted octanol–water partition coefficient (Wildman–Crippen LogP) is 5.32. The van der Waals surface area contributed by atoms with E-state index in [-0.39, 0.29) is 27.8 Å². The molecule has 0 atom stereocenters. The average molecular weight is 551 g/mol. The molecule has 0 unspecified atom stereocenters. The molecule has 0 radical (unpaired) electrons. The Labute approximate surface area is 227 Å². The van der Waals surface area contributed by atoms with Crippen molar-refractivity contribution < 1.29 is 22.7 Å². The molecule has 0 spiro atoms. The first-order valence-electron chi connectivity index (χ1n) is 11.9. The molecule has 0 amide bonds. The van der Waals surface area contributed by atoms with Crippen LogP contribution in [0.1, 0.15) is 43.2 Å². The third kappa shape index (κ3) is 6.39. The van der Waals surface area contributed by atoms with Gasteiger partial charge in [0.15, 0.2) is 6.61 Å². The van der Waals surface area contributed by atoms with Gasteiger partial charge in [-0.1, -0.05) is 72.3 Å². The van der Waals surface area contributed by atoms with Crippen molar-refractivity contribution in [3.8, 4) is 0 Å². The fourth-order valence-electron chi connectivity index (χ4n) is 4.07. The summed E-state index contributed by atoms with van der Waals surface area (Å²) in [6, 6.07) is 24.5. The van der Waals surface area contributed by atoms with Gasteiger partial charge in [0.25, 0.3) is 0 Å². The second kappa shape index (κ2) is 11.8. The van der Waals surface area contributed by atoms with Gasteiger partial charge in [-0.2, -0.15) is 0 Å². The van der Waals surface area contributed by atoms with Crippen molar-refractivity contribution in [1.29, 1.82) is 0 Å². The van der Waals surface area contributed by atoms with E-state index in [2.05, 4.69) is 4.72 Å². The minimum absolute atomic E-state index is 0.0307. The SMILES string of the molecule is Cc1cc(C(=O)COC(=O)c2ccc(Cl)c(S(=O)(=O)NCc3ccccc3)c2)c(C)n1Cc1ccccc1. The summed E-state index contributed by atoms with van der Waals surface area (Å²) >= 11 is 6.14. The first-order chi connectivity index (χ1) is 18.2. The smallest absolute Gasteiger partial charge is 0.338 e. The van der Waals surface area contributed by atoms with E-state index >= 15 is 0 Å². The van der Waals surface area contributed by atoms with Crippen LogP contribution in [0, 0.1) is 13.8 Å². The van der Waals surface area contributed by atoms with Crippen LogP contribution in [0.4, 0.5) is 0 Å². The van der Waals surface area contributed by atoms with Gasteiger partial charge >= 0.3 is 5.97 Å². The minimum atomic E-state index is -4.01. The maximum Gasteiger partial charge on any atom is 0.338 e. The van der Waals surface area contributed by atoms with Crippen molar-refractivity contribution in [1.82, 2.24) is 9.29 Å². The van der Waals surface area contributed by atoms with Gasteiger partial charge in [0.2, 0.25) is 15.8 Å². The Kier molecular flexibility index (Phi) is 8.46.